The Kier molecular flexibility index (Phi) is 3.93. The Balaban J connectivity index is 0.000000980. The number of anilines is 1. The molecule has 0 saturated carbocycles. The molecule has 5 nitrogen and oxygen atoms in total. The van der Waals surface area contributed by atoms with Crippen LogP contribution in [0.5, 0.6) is 0 Å². The first kappa shape index (κ1) is 11.5. The average molecular weight is 205 g/mol. The number of aromatic nitrogens is 2. The quantitative estimate of drug-likeness (QED) is 0.472. The summed E-state index contributed by atoms with van der Waals surface area (Å²) in [6.07, 6.45) is 1.65. The fraction of sp³-hybridized carbons (Fsp3) is 0.571. The molecule has 7 heteroatoms. The Hall–Kier alpha value is -0.573. The number of nitrogens with zero attached hydrogens (tertiary/aromatic N) is 3. The summed E-state index contributed by atoms with van der Waals surface area (Å²) >= 11 is 1.33. The van der Waals surface area contributed by atoms with Crippen LogP contribution in [0.15, 0.2) is 6.33 Å². The molecule has 1 saturated heterocycles. The molecule has 0 N–H and O–H groups in total. The van der Waals surface area contributed by atoms with E-state index in [1.165, 1.54) is 17.9 Å². The first-order valence-corrected chi connectivity index (χ1v) is 4.74. The van der Waals surface area contributed by atoms with Crippen molar-refractivity contribution in [1.82, 2.24) is 9.36 Å². The van der Waals surface area contributed by atoms with Gasteiger partial charge in [-0.05, 0) is 12.3 Å². The molecule has 0 amide bonds. The van der Waals surface area contributed by atoms with E-state index in [0.717, 1.165) is 18.2 Å². The molecule has 2 heterocycles. The zero-order chi connectivity index (χ0) is 9.26. The van der Waals surface area contributed by atoms with Crippen LogP contribution in [0.3, 0.4) is 0 Å². The van der Waals surface area contributed by atoms with E-state index in [1.54, 1.807) is 0 Å². The summed E-state index contributed by atoms with van der Waals surface area (Å²) in [7, 11) is 0. The summed E-state index contributed by atoms with van der Waals surface area (Å²) in [4.78, 5) is 16.3. The topological polar surface area (TPSA) is 69.2 Å². The summed E-state index contributed by atoms with van der Waals surface area (Å²) in [6, 6.07) is 0. The number of hydrogen-bond donors (Lipinski definition) is 0. The van der Waals surface area contributed by atoms with Gasteiger partial charge in [0.2, 0.25) is 5.13 Å². The summed E-state index contributed by atoms with van der Waals surface area (Å²) in [5, 5.41) is 11.1. The predicted molar refractivity (Wildman–Crippen MR) is 45.2 cm³/mol. The van der Waals surface area contributed by atoms with Gasteiger partial charge in [0, 0.05) is 30.6 Å². The minimum absolute atomic E-state index is 0. The van der Waals surface area contributed by atoms with Gasteiger partial charge in [-0.25, -0.2) is 4.98 Å². The number of aliphatic carboxylic acids is 1. The second-order valence-electron chi connectivity index (χ2n) is 3.07. The van der Waals surface area contributed by atoms with E-state index < -0.39 is 5.97 Å². The van der Waals surface area contributed by atoms with Crippen LogP contribution in [0.25, 0.3) is 0 Å². The van der Waals surface area contributed by atoms with E-state index in [2.05, 4.69) is 9.36 Å². The van der Waals surface area contributed by atoms with Crippen molar-refractivity contribution in [2.45, 2.75) is 6.42 Å². The first-order valence-electron chi connectivity index (χ1n) is 3.97. The SMILES string of the molecule is O=C([O-])CC1CN(c2ncns2)C1.[Li+]. The monoisotopic (exact) mass is 205 g/mol. The Bertz CT molecular complexity index is 300. The molecule has 1 aliphatic rings. The second kappa shape index (κ2) is 4.78. The van der Waals surface area contributed by atoms with Gasteiger partial charge >= 0.3 is 18.9 Å². The molecule has 0 aromatic carbocycles. The summed E-state index contributed by atoms with van der Waals surface area (Å²) < 4.78 is 3.87. The Morgan fingerprint density at radius 3 is 2.93 bits per heavy atom. The summed E-state index contributed by atoms with van der Waals surface area (Å²) in [6.45, 7) is 1.51. The molecule has 1 fully saturated rings. The van der Waals surface area contributed by atoms with Crippen molar-refractivity contribution in [1.29, 1.82) is 0 Å². The van der Waals surface area contributed by atoms with E-state index in [0.29, 0.717) is 0 Å². The Labute approximate surface area is 97.5 Å². The maximum atomic E-state index is 10.2. The van der Waals surface area contributed by atoms with Gasteiger partial charge in [-0.1, -0.05) is 0 Å². The van der Waals surface area contributed by atoms with Crippen LogP contribution in [0.2, 0.25) is 0 Å². The van der Waals surface area contributed by atoms with Crippen LogP contribution in [-0.2, 0) is 4.79 Å². The van der Waals surface area contributed by atoms with E-state index in [9.17, 15) is 9.90 Å². The molecule has 1 aromatic heterocycles. The number of hydrogen-bond acceptors (Lipinski definition) is 6. The Morgan fingerprint density at radius 2 is 2.43 bits per heavy atom. The molecular formula is C7H8LiN3O2S. The number of rotatable bonds is 3. The normalized spacial score (nSPS) is 15.9. The minimum Gasteiger partial charge on any atom is -0.550 e. The zero-order valence-corrected chi connectivity index (χ0v) is 8.66. The van der Waals surface area contributed by atoms with Crippen LogP contribution in [0.4, 0.5) is 5.13 Å². The van der Waals surface area contributed by atoms with Crippen molar-refractivity contribution >= 4 is 22.6 Å². The third-order valence-corrected chi connectivity index (χ3v) is 2.76. The van der Waals surface area contributed by atoms with Crippen molar-refractivity contribution in [2.75, 3.05) is 18.0 Å². The molecular weight excluding hydrogens is 197 g/mol. The third-order valence-electron chi connectivity index (χ3n) is 2.03. The molecule has 0 bridgehead atoms. The molecule has 0 atom stereocenters. The van der Waals surface area contributed by atoms with E-state index in [4.69, 9.17) is 0 Å². The van der Waals surface area contributed by atoms with Crippen LogP contribution >= 0.6 is 11.5 Å². The largest absolute Gasteiger partial charge is 1.00 e. The van der Waals surface area contributed by atoms with Crippen LogP contribution in [0.1, 0.15) is 6.42 Å². The van der Waals surface area contributed by atoms with Crippen molar-refractivity contribution in [3.8, 4) is 0 Å². The predicted octanol–water partition coefficient (Wildman–Crippen LogP) is -3.88. The number of carboxylic acids is 1. The smallest absolute Gasteiger partial charge is 0.550 e. The second-order valence-corrected chi connectivity index (χ2v) is 3.83. The zero-order valence-electron chi connectivity index (χ0n) is 7.84. The van der Waals surface area contributed by atoms with Crippen LogP contribution in [0, 0.1) is 5.92 Å². The first-order chi connectivity index (χ1) is 6.25. The van der Waals surface area contributed by atoms with Crippen molar-refractivity contribution in [3.05, 3.63) is 6.33 Å². The number of carbonyl (C=O) groups is 1. The van der Waals surface area contributed by atoms with Gasteiger partial charge in [0.1, 0.15) is 6.33 Å². The molecule has 1 aromatic rings. The molecule has 0 aliphatic carbocycles. The van der Waals surface area contributed by atoms with E-state index in [1.807, 2.05) is 4.90 Å². The van der Waals surface area contributed by atoms with Crippen molar-refractivity contribution in [3.63, 3.8) is 0 Å². The maximum absolute atomic E-state index is 10.2. The average Bonchev–Trinajstić information content (AvgIpc) is 2.46. The van der Waals surface area contributed by atoms with Gasteiger partial charge in [-0.15, -0.1) is 0 Å². The van der Waals surface area contributed by atoms with Gasteiger partial charge in [0.25, 0.3) is 0 Å². The van der Waals surface area contributed by atoms with Gasteiger partial charge in [0.05, 0.1) is 0 Å². The maximum Gasteiger partial charge on any atom is 1.00 e. The molecule has 2 rings (SSSR count). The van der Waals surface area contributed by atoms with E-state index >= 15 is 0 Å². The van der Waals surface area contributed by atoms with Gasteiger partial charge in [0.15, 0.2) is 0 Å². The fourth-order valence-corrected chi connectivity index (χ4v) is 1.94. The molecule has 70 valence electrons. The van der Waals surface area contributed by atoms with Crippen molar-refractivity contribution < 1.29 is 28.8 Å². The molecule has 0 radical (unpaired) electrons. The third kappa shape index (κ3) is 2.47. The number of carbonyl (C=O) groups excluding carboxylic acids is 1. The molecule has 0 unspecified atom stereocenters. The minimum atomic E-state index is -0.970. The fourth-order valence-electron chi connectivity index (χ4n) is 1.40. The molecule has 0 spiro atoms. The van der Waals surface area contributed by atoms with Crippen LogP contribution in [-0.4, -0.2) is 28.4 Å². The van der Waals surface area contributed by atoms with Gasteiger partial charge < -0.3 is 14.8 Å². The standard InChI is InChI=1S/C7H9N3O2S.Li/c11-6(12)1-5-2-10(3-5)7-8-4-9-13-7;/h4-5H,1-3H2,(H,11,12);/q;+1/p-1. The molecule has 1 aliphatic heterocycles. The number of carboxylic acid groups (broad SMARTS) is 1. The summed E-state index contributed by atoms with van der Waals surface area (Å²) in [5.41, 5.74) is 0. The van der Waals surface area contributed by atoms with Gasteiger partial charge in [-0.3, -0.25) is 0 Å². The van der Waals surface area contributed by atoms with E-state index in [-0.39, 0.29) is 31.2 Å². The van der Waals surface area contributed by atoms with Crippen molar-refractivity contribution in [2.24, 2.45) is 5.92 Å². The van der Waals surface area contributed by atoms with Gasteiger partial charge in [-0.2, -0.15) is 4.37 Å². The van der Waals surface area contributed by atoms with Crippen LogP contribution < -0.4 is 28.9 Å². The molecule has 14 heavy (non-hydrogen) atoms. The summed E-state index contributed by atoms with van der Waals surface area (Å²) in [5.74, 6) is -0.754. The Morgan fingerprint density at radius 1 is 1.71 bits per heavy atom.